The lowest BCUT2D eigenvalue weighted by atomic mass is 10.2. The molecule has 0 saturated carbocycles. The molecule has 166 valence electrons. The molecule has 0 aliphatic carbocycles. The van der Waals surface area contributed by atoms with Crippen LogP contribution in [0.5, 0.6) is 0 Å². The minimum Gasteiger partial charge on any atom is -0.462 e. The lowest BCUT2D eigenvalue weighted by Gasteiger charge is -2.11. The van der Waals surface area contributed by atoms with Gasteiger partial charge in [-0.15, -0.1) is 0 Å². The third kappa shape index (κ3) is 5.76. The van der Waals surface area contributed by atoms with Gasteiger partial charge in [0.1, 0.15) is 12.1 Å². The van der Waals surface area contributed by atoms with E-state index < -0.39 is 22.4 Å². The lowest BCUT2D eigenvalue weighted by molar-refractivity contribution is -0.383. The molecule has 11 heteroatoms. The fraction of sp³-hybridized carbons (Fsp3) is 0.190. The highest BCUT2D eigenvalue weighted by atomic mass is 79.9. The van der Waals surface area contributed by atoms with Crippen molar-refractivity contribution in [3.63, 3.8) is 0 Å². The van der Waals surface area contributed by atoms with Crippen LogP contribution in [0.3, 0.4) is 0 Å². The van der Waals surface area contributed by atoms with Gasteiger partial charge >= 0.3 is 11.7 Å². The fourth-order valence-corrected chi connectivity index (χ4v) is 2.94. The molecule has 9 nitrogen and oxygen atoms in total. The zero-order valence-corrected chi connectivity index (χ0v) is 18.7. The number of anilines is 4. The van der Waals surface area contributed by atoms with Gasteiger partial charge in [0.2, 0.25) is 11.6 Å². The summed E-state index contributed by atoms with van der Waals surface area (Å²) in [5, 5.41) is 17.2. The summed E-state index contributed by atoms with van der Waals surface area (Å²) in [4.78, 5) is 30.9. The first-order valence-corrected chi connectivity index (χ1v) is 10.3. The molecule has 3 rings (SSSR count). The zero-order chi connectivity index (χ0) is 23.3. The Morgan fingerprint density at radius 2 is 1.81 bits per heavy atom. The number of nitrogens with one attached hydrogen (secondary N) is 2. The standard InChI is InChI=1S/C21H19BrFN5O4/c1-12(2)10-32-21(29)13-3-6-15(7-4-13)26-19-18(28(30)31)20(25-11-24-19)27-17-8-5-14(22)9-16(17)23/h3-9,11-12H,10H2,1-2H3,(H2,24,25,26,27). The number of hydrogen-bond donors (Lipinski definition) is 2. The topological polar surface area (TPSA) is 119 Å². The molecule has 0 atom stereocenters. The Labute approximate surface area is 191 Å². The van der Waals surface area contributed by atoms with Crippen LogP contribution in [-0.4, -0.2) is 27.5 Å². The van der Waals surface area contributed by atoms with E-state index >= 15 is 0 Å². The first-order valence-electron chi connectivity index (χ1n) is 9.50. The number of aromatic nitrogens is 2. The van der Waals surface area contributed by atoms with Gasteiger partial charge in [-0.3, -0.25) is 10.1 Å². The fourth-order valence-electron chi connectivity index (χ4n) is 2.61. The van der Waals surface area contributed by atoms with E-state index in [1.807, 2.05) is 13.8 Å². The molecule has 32 heavy (non-hydrogen) atoms. The molecule has 0 spiro atoms. The highest BCUT2D eigenvalue weighted by molar-refractivity contribution is 9.10. The quantitative estimate of drug-likeness (QED) is 0.232. The van der Waals surface area contributed by atoms with Crippen molar-refractivity contribution in [1.82, 2.24) is 9.97 Å². The maximum Gasteiger partial charge on any atom is 0.353 e. The molecule has 0 radical (unpaired) electrons. The Morgan fingerprint density at radius 3 is 2.41 bits per heavy atom. The summed E-state index contributed by atoms with van der Waals surface area (Å²) >= 11 is 3.16. The number of benzene rings is 2. The number of esters is 1. The van der Waals surface area contributed by atoms with E-state index in [0.717, 1.165) is 6.33 Å². The summed E-state index contributed by atoms with van der Waals surface area (Å²) in [6.07, 6.45) is 1.12. The predicted octanol–water partition coefficient (Wildman–Crippen LogP) is 5.59. The molecule has 1 heterocycles. The summed E-state index contributed by atoms with van der Waals surface area (Å²) in [6.45, 7) is 4.17. The molecular formula is C21H19BrFN5O4. The first kappa shape index (κ1) is 23.1. The van der Waals surface area contributed by atoms with Crippen LogP contribution in [0.15, 0.2) is 53.3 Å². The maximum atomic E-state index is 14.2. The third-order valence-electron chi connectivity index (χ3n) is 4.12. The summed E-state index contributed by atoms with van der Waals surface area (Å²) in [7, 11) is 0. The van der Waals surface area contributed by atoms with Crippen molar-refractivity contribution in [3.8, 4) is 0 Å². The first-order chi connectivity index (χ1) is 15.2. The molecule has 2 aromatic carbocycles. The second-order valence-corrected chi connectivity index (χ2v) is 8.04. The monoisotopic (exact) mass is 503 g/mol. The van der Waals surface area contributed by atoms with Gasteiger partial charge in [-0.05, 0) is 48.4 Å². The van der Waals surface area contributed by atoms with Crippen molar-refractivity contribution >= 4 is 50.6 Å². The van der Waals surface area contributed by atoms with Crippen LogP contribution in [0.1, 0.15) is 24.2 Å². The van der Waals surface area contributed by atoms with Crippen LogP contribution in [0, 0.1) is 21.8 Å². The number of hydrogen-bond acceptors (Lipinski definition) is 8. The van der Waals surface area contributed by atoms with Crippen LogP contribution in [0.25, 0.3) is 0 Å². The average Bonchev–Trinajstić information content (AvgIpc) is 2.74. The molecule has 0 bridgehead atoms. The third-order valence-corrected chi connectivity index (χ3v) is 4.61. The number of nitrogens with zero attached hydrogens (tertiary/aromatic N) is 3. The van der Waals surface area contributed by atoms with Crippen LogP contribution >= 0.6 is 15.9 Å². The van der Waals surface area contributed by atoms with Gasteiger partial charge in [-0.2, -0.15) is 0 Å². The molecule has 0 amide bonds. The van der Waals surface area contributed by atoms with E-state index in [4.69, 9.17) is 4.74 Å². The van der Waals surface area contributed by atoms with E-state index in [0.29, 0.717) is 22.3 Å². The van der Waals surface area contributed by atoms with Gasteiger partial charge in [-0.1, -0.05) is 29.8 Å². The molecule has 3 aromatic rings. The maximum absolute atomic E-state index is 14.2. The Morgan fingerprint density at radius 1 is 1.16 bits per heavy atom. The summed E-state index contributed by atoms with van der Waals surface area (Å²) in [6, 6.07) is 10.4. The number of ether oxygens (including phenoxy) is 1. The van der Waals surface area contributed by atoms with Gasteiger partial charge in [0.15, 0.2) is 0 Å². The van der Waals surface area contributed by atoms with Gasteiger partial charge < -0.3 is 15.4 Å². The van der Waals surface area contributed by atoms with E-state index in [9.17, 15) is 19.3 Å². The molecule has 0 saturated heterocycles. The second kappa shape index (κ2) is 10.1. The minimum atomic E-state index is -0.668. The van der Waals surface area contributed by atoms with Crippen molar-refractivity contribution in [2.24, 2.45) is 5.92 Å². The minimum absolute atomic E-state index is 0.0187. The number of halogens is 2. The van der Waals surface area contributed by atoms with Crippen molar-refractivity contribution in [2.45, 2.75) is 13.8 Å². The van der Waals surface area contributed by atoms with E-state index in [1.54, 1.807) is 18.2 Å². The Bertz CT molecular complexity index is 1140. The molecular weight excluding hydrogens is 485 g/mol. The van der Waals surface area contributed by atoms with Crippen LogP contribution in [-0.2, 0) is 4.74 Å². The van der Waals surface area contributed by atoms with Gasteiger partial charge in [0.05, 0.1) is 22.8 Å². The second-order valence-electron chi connectivity index (χ2n) is 7.12. The molecule has 0 aliphatic rings. The van der Waals surface area contributed by atoms with Crippen molar-refractivity contribution < 1.29 is 18.8 Å². The van der Waals surface area contributed by atoms with Gasteiger partial charge in [-0.25, -0.2) is 19.2 Å². The predicted molar refractivity (Wildman–Crippen MR) is 121 cm³/mol. The largest absolute Gasteiger partial charge is 0.462 e. The lowest BCUT2D eigenvalue weighted by Crippen LogP contribution is -2.10. The highest BCUT2D eigenvalue weighted by Gasteiger charge is 2.24. The number of rotatable bonds is 8. The molecule has 0 fully saturated rings. The normalized spacial score (nSPS) is 10.7. The SMILES string of the molecule is CC(C)COC(=O)c1ccc(Nc2ncnc(Nc3ccc(Br)cc3F)c2[N+](=O)[O-])cc1. The average molecular weight is 504 g/mol. The van der Waals surface area contributed by atoms with E-state index in [-0.39, 0.29) is 23.2 Å². The Balaban J connectivity index is 1.83. The number of carbonyl (C=O) groups is 1. The van der Waals surface area contributed by atoms with Crippen LogP contribution < -0.4 is 10.6 Å². The van der Waals surface area contributed by atoms with Crippen molar-refractivity contribution in [3.05, 3.63) is 74.8 Å². The summed E-state index contributed by atoms with van der Waals surface area (Å²) in [5.74, 6) is -1.13. The van der Waals surface area contributed by atoms with Crippen LogP contribution in [0.2, 0.25) is 0 Å². The summed E-state index contributed by atoms with van der Waals surface area (Å²) < 4.78 is 19.9. The van der Waals surface area contributed by atoms with Gasteiger partial charge in [0.25, 0.3) is 0 Å². The van der Waals surface area contributed by atoms with Gasteiger partial charge in [0, 0.05) is 10.2 Å². The highest BCUT2D eigenvalue weighted by Crippen LogP contribution is 2.34. The smallest absolute Gasteiger partial charge is 0.353 e. The van der Waals surface area contributed by atoms with Crippen molar-refractivity contribution in [1.29, 1.82) is 0 Å². The Hall–Kier alpha value is -3.60. The number of nitro groups is 1. The molecule has 0 aliphatic heterocycles. The van der Waals surface area contributed by atoms with Crippen LogP contribution in [0.4, 0.5) is 33.1 Å². The molecule has 1 aromatic heterocycles. The molecule has 2 N–H and O–H groups in total. The molecule has 0 unspecified atom stereocenters. The van der Waals surface area contributed by atoms with E-state index in [2.05, 4.69) is 36.5 Å². The Kier molecular flexibility index (Phi) is 7.31. The zero-order valence-electron chi connectivity index (χ0n) is 17.1. The van der Waals surface area contributed by atoms with Crippen molar-refractivity contribution in [2.75, 3.05) is 17.2 Å². The number of carbonyl (C=O) groups excluding carboxylic acids is 1. The summed E-state index contributed by atoms with van der Waals surface area (Å²) in [5.41, 5.74) is 0.356. The van der Waals surface area contributed by atoms with E-state index in [1.165, 1.54) is 24.3 Å².